The topological polar surface area (TPSA) is 67.4 Å². The number of sulfonamides is 1. The van der Waals surface area contributed by atoms with Gasteiger partial charge in [-0.05, 0) is 44.9 Å². The van der Waals surface area contributed by atoms with Crippen LogP contribution in [0.25, 0.3) is 0 Å². The molecule has 1 aliphatic carbocycles. The van der Waals surface area contributed by atoms with Gasteiger partial charge in [-0.25, -0.2) is 13.1 Å². The molecule has 7 heteroatoms. The second kappa shape index (κ2) is 6.53. The molecule has 1 aliphatic rings. The average molecular weight is 318 g/mol. The first-order chi connectivity index (χ1) is 9.47. The maximum absolute atomic E-state index is 12.4. The largest absolute Gasteiger partial charge is 0.380 e. The van der Waals surface area contributed by atoms with Crippen molar-refractivity contribution in [2.45, 2.75) is 49.1 Å². The Morgan fingerprint density at radius 2 is 2.20 bits per heavy atom. The average Bonchev–Trinajstić information content (AvgIpc) is 2.97. The van der Waals surface area contributed by atoms with Gasteiger partial charge in [0.1, 0.15) is 4.21 Å². The highest BCUT2D eigenvalue weighted by Gasteiger charge is 2.32. The molecule has 0 saturated heterocycles. The molecule has 0 spiro atoms. The highest BCUT2D eigenvalue weighted by atomic mass is 32.2. The van der Waals surface area contributed by atoms with Crippen LogP contribution in [0, 0.1) is 6.92 Å². The van der Waals surface area contributed by atoms with Crippen LogP contribution in [0.3, 0.4) is 0 Å². The maximum Gasteiger partial charge on any atom is 0.250 e. The summed E-state index contributed by atoms with van der Waals surface area (Å²) in [7, 11) is 0.0450. The van der Waals surface area contributed by atoms with Crippen molar-refractivity contribution >= 4 is 21.4 Å². The van der Waals surface area contributed by atoms with E-state index in [9.17, 15) is 8.42 Å². The summed E-state index contributed by atoms with van der Waals surface area (Å²) in [6.45, 7) is 2.63. The first kappa shape index (κ1) is 15.9. The van der Waals surface area contributed by atoms with E-state index in [1.807, 2.05) is 14.0 Å². The lowest BCUT2D eigenvalue weighted by Crippen LogP contribution is -2.40. The number of rotatable bonds is 6. The number of hydrogen-bond acceptors (Lipinski definition) is 5. The lowest BCUT2D eigenvalue weighted by atomic mass is 10.2. The van der Waals surface area contributed by atoms with Crippen molar-refractivity contribution in [2.24, 2.45) is 0 Å². The smallest absolute Gasteiger partial charge is 0.250 e. The zero-order valence-corrected chi connectivity index (χ0v) is 13.7. The van der Waals surface area contributed by atoms with Crippen molar-refractivity contribution in [2.75, 3.05) is 14.2 Å². The zero-order chi connectivity index (χ0) is 14.8. The quantitative estimate of drug-likeness (QED) is 0.836. The van der Waals surface area contributed by atoms with E-state index >= 15 is 0 Å². The third-order valence-corrected chi connectivity index (χ3v) is 6.86. The molecule has 0 aliphatic heterocycles. The Hall–Kier alpha value is -0.470. The van der Waals surface area contributed by atoms with E-state index in [1.54, 1.807) is 13.2 Å². The molecule has 2 rings (SSSR count). The molecule has 1 fully saturated rings. The van der Waals surface area contributed by atoms with Gasteiger partial charge < -0.3 is 10.1 Å². The summed E-state index contributed by atoms with van der Waals surface area (Å²) in [5.41, 5.74) is 1.01. The van der Waals surface area contributed by atoms with E-state index < -0.39 is 10.0 Å². The van der Waals surface area contributed by atoms with Crippen molar-refractivity contribution < 1.29 is 13.2 Å². The predicted octanol–water partition coefficient (Wildman–Crippen LogP) is 1.62. The Labute approximate surface area is 124 Å². The molecule has 0 radical (unpaired) electrons. The Kier molecular flexibility index (Phi) is 5.19. The van der Waals surface area contributed by atoms with Crippen LogP contribution in [0.2, 0.25) is 0 Å². The molecule has 2 N–H and O–H groups in total. The molecule has 2 atom stereocenters. The summed E-state index contributed by atoms with van der Waals surface area (Å²) in [5, 5.41) is 3.05. The minimum absolute atomic E-state index is 0.0115. The van der Waals surface area contributed by atoms with Crippen LogP contribution in [0.1, 0.15) is 29.7 Å². The zero-order valence-electron chi connectivity index (χ0n) is 12.1. The van der Waals surface area contributed by atoms with Crippen molar-refractivity contribution in [1.29, 1.82) is 0 Å². The van der Waals surface area contributed by atoms with Crippen LogP contribution in [-0.2, 0) is 21.3 Å². The molecular weight excluding hydrogens is 296 g/mol. The highest BCUT2D eigenvalue weighted by Crippen LogP contribution is 2.28. The Morgan fingerprint density at radius 1 is 1.45 bits per heavy atom. The second-order valence-electron chi connectivity index (χ2n) is 5.13. The molecule has 114 valence electrons. The SMILES string of the molecule is CNCc1sc(S(=O)(=O)NC2CCCC2OC)cc1C. The first-order valence-corrected chi connectivity index (χ1v) is 9.07. The standard InChI is InChI=1S/C13H22N2O3S2/c1-9-7-13(19-12(9)8-14-2)20(16,17)15-10-5-4-6-11(10)18-3/h7,10-11,14-15H,4-6,8H2,1-3H3. The minimum Gasteiger partial charge on any atom is -0.380 e. The van der Waals surface area contributed by atoms with Crippen molar-refractivity contribution in [3.8, 4) is 0 Å². The van der Waals surface area contributed by atoms with Gasteiger partial charge in [-0.15, -0.1) is 11.3 Å². The van der Waals surface area contributed by atoms with Crippen LogP contribution in [0.15, 0.2) is 10.3 Å². The third kappa shape index (κ3) is 3.40. The van der Waals surface area contributed by atoms with E-state index in [0.717, 1.165) is 29.7 Å². The molecule has 20 heavy (non-hydrogen) atoms. The van der Waals surface area contributed by atoms with Crippen molar-refractivity contribution in [1.82, 2.24) is 10.0 Å². The Balaban J connectivity index is 2.16. The third-order valence-electron chi connectivity index (χ3n) is 3.66. The van der Waals surface area contributed by atoms with Gasteiger partial charge in [-0.1, -0.05) is 0 Å². The van der Waals surface area contributed by atoms with Crippen LogP contribution in [0.4, 0.5) is 0 Å². The molecule has 1 heterocycles. The fourth-order valence-electron chi connectivity index (χ4n) is 2.56. The molecule has 5 nitrogen and oxygen atoms in total. The normalized spacial score (nSPS) is 23.4. The molecule has 2 unspecified atom stereocenters. The number of thiophene rings is 1. The predicted molar refractivity (Wildman–Crippen MR) is 80.6 cm³/mol. The summed E-state index contributed by atoms with van der Waals surface area (Å²) >= 11 is 1.33. The number of ether oxygens (including phenoxy) is 1. The second-order valence-corrected chi connectivity index (χ2v) is 8.21. The summed E-state index contributed by atoms with van der Waals surface area (Å²) in [4.78, 5) is 1.06. The van der Waals surface area contributed by atoms with Gasteiger partial charge in [-0.2, -0.15) is 0 Å². The van der Waals surface area contributed by atoms with E-state index in [2.05, 4.69) is 10.0 Å². The van der Waals surface area contributed by atoms with E-state index in [0.29, 0.717) is 10.8 Å². The number of aryl methyl sites for hydroxylation is 1. The molecule has 0 aromatic carbocycles. The first-order valence-electron chi connectivity index (χ1n) is 6.77. The number of hydrogen-bond donors (Lipinski definition) is 2. The van der Waals surface area contributed by atoms with Gasteiger partial charge >= 0.3 is 0 Å². The summed E-state index contributed by atoms with van der Waals surface area (Å²) in [5.74, 6) is 0. The molecule has 1 saturated carbocycles. The van der Waals surface area contributed by atoms with Crippen molar-refractivity contribution in [3.05, 3.63) is 16.5 Å². The lowest BCUT2D eigenvalue weighted by molar-refractivity contribution is 0.0916. The number of nitrogens with one attached hydrogen (secondary N) is 2. The summed E-state index contributed by atoms with van der Waals surface area (Å²) in [6.07, 6.45) is 2.74. The summed E-state index contributed by atoms with van der Waals surface area (Å²) in [6, 6.07) is 1.64. The summed E-state index contributed by atoms with van der Waals surface area (Å²) < 4.78 is 33.4. The maximum atomic E-state index is 12.4. The van der Waals surface area contributed by atoms with Gasteiger partial charge in [0, 0.05) is 24.6 Å². The molecular formula is C13H22N2O3S2. The van der Waals surface area contributed by atoms with E-state index in [-0.39, 0.29) is 12.1 Å². The monoisotopic (exact) mass is 318 g/mol. The molecule has 0 bridgehead atoms. The van der Waals surface area contributed by atoms with Gasteiger partial charge in [-0.3, -0.25) is 0 Å². The van der Waals surface area contributed by atoms with Crippen LogP contribution in [-0.4, -0.2) is 34.7 Å². The fraction of sp³-hybridized carbons (Fsp3) is 0.692. The van der Waals surface area contributed by atoms with Crippen LogP contribution in [0.5, 0.6) is 0 Å². The highest BCUT2D eigenvalue weighted by molar-refractivity contribution is 7.91. The van der Waals surface area contributed by atoms with E-state index in [1.165, 1.54) is 11.3 Å². The molecule has 1 aromatic rings. The Morgan fingerprint density at radius 3 is 2.85 bits per heavy atom. The van der Waals surface area contributed by atoms with Crippen molar-refractivity contribution in [3.63, 3.8) is 0 Å². The molecule has 1 aromatic heterocycles. The van der Waals surface area contributed by atoms with Gasteiger partial charge in [0.05, 0.1) is 6.10 Å². The van der Waals surface area contributed by atoms with Gasteiger partial charge in [0.15, 0.2) is 0 Å². The number of methoxy groups -OCH3 is 1. The lowest BCUT2D eigenvalue weighted by Gasteiger charge is -2.18. The van der Waals surface area contributed by atoms with Gasteiger partial charge in [0.2, 0.25) is 10.0 Å². The fourth-order valence-corrected chi connectivity index (χ4v) is 5.47. The molecule has 0 amide bonds. The van der Waals surface area contributed by atoms with Crippen LogP contribution >= 0.6 is 11.3 Å². The minimum atomic E-state index is -3.45. The van der Waals surface area contributed by atoms with Crippen LogP contribution < -0.4 is 10.0 Å². The van der Waals surface area contributed by atoms with E-state index in [4.69, 9.17) is 4.74 Å². The Bertz CT molecular complexity index is 554. The van der Waals surface area contributed by atoms with Gasteiger partial charge in [0.25, 0.3) is 0 Å².